The Morgan fingerprint density at radius 2 is 1.36 bits per heavy atom. The monoisotopic (exact) mass is 185 g/mol. The van der Waals surface area contributed by atoms with Crippen LogP contribution in [0.1, 0.15) is 33.6 Å². The summed E-state index contributed by atoms with van der Waals surface area (Å²) in [6, 6.07) is 0. The van der Waals surface area contributed by atoms with E-state index in [2.05, 4.69) is 0 Å². The SMILES string of the molecule is C1CCOC1.CC(C)(C)O.[K]. The Bertz CT molecular complexity index is 61.0. The smallest absolute Gasteiger partial charge is 0.0563 e. The van der Waals surface area contributed by atoms with Gasteiger partial charge in [0.2, 0.25) is 0 Å². The van der Waals surface area contributed by atoms with Crippen molar-refractivity contribution in [3.05, 3.63) is 0 Å². The second-order valence-corrected chi connectivity index (χ2v) is 3.49. The summed E-state index contributed by atoms with van der Waals surface area (Å²) < 4.78 is 4.94. The summed E-state index contributed by atoms with van der Waals surface area (Å²) >= 11 is 0. The molecule has 63 valence electrons. The van der Waals surface area contributed by atoms with Crippen molar-refractivity contribution < 1.29 is 9.84 Å². The van der Waals surface area contributed by atoms with E-state index in [9.17, 15) is 0 Å². The Morgan fingerprint density at radius 3 is 1.45 bits per heavy atom. The maximum absolute atomic E-state index is 8.52. The second-order valence-electron chi connectivity index (χ2n) is 3.49. The van der Waals surface area contributed by atoms with E-state index in [0.29, 0.717) is 0 Å². The molecule has 0 atom stereocenters. The molecule has 1 radical (unpaired) electrons. The fourth-order valence-corrected chi connectivity index (χ4v) is 0.510. The molecule has 1 saturated heterocycles. The topological polar surface area (TPSA) is 29.5 Å². The van der Waals surface area contributed by atoms with Crippen molar-refractivity contribution in [3.8, 4) is 0 Å². The molecule has 1 fully saturated rings. The van der Waals surface area contributed by atoms with Gasteiger partial charge in [-0.25, -0.2) is 0 Å². The second kappa shape index (κ2) is 8.17. The van der Waals surface area contributed by atoms with Gasteiger partial charge in [-0.2, -0.15) is 0 Å². The molecule has 0 aromatic heterocycles. The Labute approximate surface area is 112 Å². The zero-order valence-corrected chi connectivity index (χ0v) is 11.3. The van der Waals surface area contributed by atoms with Crippen LogP contribution in [0.25, 0.3) is 0 Å². The average Bonchev–Trinajstić information content (AvgIpc) is 2.07. The van der Waals surface area contributed by atoms with Crippen molar-refractivity contribution in [1.82, 2.24) is 0 Å². The molecule has 0 amide bonds. The van der Waals surface area contributed by atoms with Crippen LogP contribution in [0.2, 0.25) is 0 Å². The third kappa shape index (κ3) is 24.6. The van der Waals surface area contributed by atoms with E-state index >= 15 is 0 Å². The molecule has 0 aliphatic carbocycles. The predicted molar refractivity (Wildman–Crippen MR) is 47.8 cm³/mol. The van der Waals surface area contributed by atoms with Crippen LogP contribution in [-0.4, -0.2) is 75.3 Å². The fraction of sp³-hybridized carbons (Fsp3) is 1.00. The Morgan fingerprint density at radius 1 is 1.09 bits per heavy atom. The van der Waals surface area contributed by atoms with Crippen molar-refractivity contribution >= 4 is 51.4 Å². The van der Waals surface area contributed by atoms with E-state index < -0.39 is 5.60 Å². The van der Waals surface area contributed by atoms with Crippen LogP contribution in [-0.2, 0) is 4.74 Å². The summed E-state index contributed by atoms with van der Waals surface area (Å²) in [4.78, 5) is 0. The number of ether oxygens (including phenoxy) is 1. The van der Waals surface area contributed by atoms with Crippen LogP contribution in [0.4, 0.5) is 0 Å². The predicted octanol–water partition coefficient (Wildman–Crippen LogP) is 1.19. The van der Waals surface area contributed by atoms with E-state index in [1.807, 2.05) is 0 Å². The largest absolute Gasteiger partial charge is 0.391 e. The first kappa shape index (κ1) is 15.0. The molecule has 1 rings (SSSR count). The Kier molecular flexibility index (Phi) is 11.2. The minimum atomic E-state index is -0.500. The molecular formula is C8H18KO2. The number of hydrogen-bond donors (Lipinski definition) is 1. The van der Waals surface area contributed by atoms with Crippen molar-refractivity contribution in [2.45, 2.75) is 39.2 Å². The minimum absolute atomic E-state index is 0. The molecule has 1 aliphatic rings. The maximum atomic E-state index is 8.52. The number of rotatable bonds is 0. The van der Waals surface area contributed by atoms with Crippen LogP contribution in [0, 0.1) is 0 Å². The molecule has 2 nitrogen and oxygen atoms in total. The fourth-order valence-electron chi connectivity index (χ4n) is 0.510. The first-order valence-corrected chi connectivity index (χ1v) is 3.80. The normalized spacial score (nSPS) is 16.4. The van der Waals surface area contributed by atoms with Gasteiger partial charge in [0.15, 0.2) is 0 Å². The molecule has 0 bridgehead atoms. The van der Waals surface area contributed by atoms with Crippen LogP contribution in [0.3, 0.4) is 0 Å². The number of hydrogen-bond acceptors (Lipinski definition) is 2. The van der Waals surface area contributed by atoms with E-state index in [0.717, 1.165) is 13.2 Å². The average molecular weight is 185 g/mol. The van der Waals surface area contributed by atoms with Crippen molar-refractivity contribution in [2.24, 2.45) is 0 Å². The maximum Gasteiger partial charge on any atom is 0.0563 e. The van der Waals surface area contributed by atoms with Gasteiger partial charge in [0.25, 0.3) is 0 Å². The van der Waals surface area contributed by atoms with Crippen molar-refractivity contribution in [3.63, 3.8) is 0 Å². The minimum Gasteiger partial charge on any atom is -0.391 e. The summed E-state index contributed by atoms with van der Waals surface area (Å²) in [6.45, 7) is 7.23. The molecule has 1 aliphatic heterocycles. The van der Waals surface area contributed by atoms with Crippen molar-refractivity contribution in [2.75, 3.05) is 13.2 Å². The molecule has 3 heteroatoms. The molecular weight excluding hydrogens is 167 g/mol. The van der Waals surface area contributed by atoms with E-state index in [1.165, 1.54) is 12.8 Å². The van der Waals surface area contributed by atoms with Crippen molar-refractivity contribution in [1.29, 1.82) is 0 Å². The van der Waals surface area contributed by atoms with Gasteiger partial charge in [0, 0.05) is 64.6 Å². The first-order valence-electron chi connectivity index (χ1n) is 3.80. The molecule has 1 N–H and O–H groups in total. The van der Waals surface area contributed by atoms with Gasteiger partial charge >= 0.3 is 0 Å². The van der Waals surface area contributed by atoms with E-state index in [1.54, 1.807) is 20.8 Å². The molecule has 1 heterocycles. The van der Waals surface area contributed by atoms with Gasteiger partial charge in [-0.1, -0.05) is 0 Å². The molecule has 0 unspecified atom stereocenters. The van der Waals surface area contributed by atoms with Crippen LogP contribution in [0.5, 0.6) is 0 Å². The summed E-state index contributed by atoms with van der Waals surface area (Å²) in [5, 5.41) is 8.52. The standard InChI is InChI=1S/C4H8O.C4H10O.K/c1-2-4-5-3-1;1-4(2,3)5;/h1-4H2;5H,1-3H3;. The van der Waals surface area contributed by atoms with Crippen LogP contribution < -0.4 is 0 Å². The van der Waals surface area contributed by atoms with Gasteiger partial charge in [0.05, 0.1) is 5.60 Å². The summed E-state index contributed by atoms with van der Waals surface area (Å²) in [5.41, 5.74) is -0.500. The van der Waals surface area contributed by atoms with Gasteiger partial charge in [-0.3, -0.25) is 0 Å². The molecule has 11 heavy (non-hydrogen) atoms. The zero-order chi connectivity index (χ0) is 8.04. The molecule has 0 spiro atoms. The molecule has 0 aromatic rings. The zero-order valence-electron chi connectivity index (χ0n) is 8.18. The van der Waals surface area contributed by atoms with Gasteiger partial charge < -0.3 is 9.84 Å². The van der Waals surface area contributed by atoms with E-state index in [4.69, 9.17) is 9.84 Å². The van der Waals surface area contributed by atoms with Gasteiger partial charge in [-0.05, 0) is 33.6 Å². The van der Waals surface area contributed by atoms with Gasteiger partial charge in [0.1, 0.15) is 0 Å². The molecule has 0 aromatic carbocycles. The van der Waals surface area contributed by atoms with Crippen LogP contribution in [0.15, 0.2) is 0 Å². The van der Waals surface area contributed by atoms with Gasteiger partial charge in [-0.15, -0.1) is 0 Å². The Balaban J connectivity index is 0. The molecule has 0 saturated carbocycles. The van der Waals surface area contributed by atoms with Crippen LogP contribution >= 0.6 is 0 Å². The summed E-state index contributed by atoms with van der Waals surface area (Å²) in [6.07, 6.45) is 2.56. The third-order valence-electron chi connectivity index (χ3n) is 0.827. The number of aliphatic hydroxyl groups is 1. The van der Waals surface area contributed by atoms with E-state index in [-0.39, 0.29) is 51.4 Å². The quantitative estimate of drug-likeness (QED) is 0.575. The summed E-state index contributed by atoms with van der Waals surface area (Å²) in [5.74, 6) is 0. The third-order valence-corrected chi connectivity index (χ3v) is 0.827. The first-order chi connectivity index (χ1) is 4.50. The Hall–Kier alpha value is 1.56. The summed E-state index contributed by atoms with van der Waals surface area (Å²) in [7, 11) is 0.